The zero-order chi connectivity index (χ0) is 12.0. The standard InChI is InChI=1S/C11H12N2O3/c1-15-9-5-3-4-8(6-9)7-10(13-12)11(14)16-2/h3-6H,7H2,1-2H3. The molecule has 84 valence electrons. The van der Waals surface area contributed by atoms with Crippen molar-refractivity contribution in [3.63, 3.8) is 0 Å². The van der Waals surface area contributed by atoms with Crippen molar-refractivity contribution in [1.82, 2.24) is 0 Å². The minimum atomic E-state index is -0.648. The number of benzene rings is 1. The van der Waals surface area contributed by atoms with Gasteiger partial charge in [-0.25, -0.2) is 4.79 Å². The summed E-state index contributed by atoms with van der Waals surface area (Å²) < 4.78 is 9.51. The summed E-state index contributed by atoms with van der Waals surface area (Å²) in [7, 11) is 2.79. The van der Waals surface area contributed by atoms with Crippen molar-refractivity contribution in [3.8, 4) is 5.75 Å². The summed E-state index contributed by atoms with van der Waals surface area (Å²) >= 11 is 0. The van der Waals surface area contributed by atoms with Gasteiger partial charge in [0.25, 0.3) is 0 Å². The molecule has 0 atom stereocenters. The molecule has 1 aromatic carbocycles. The molecule has 0 amide bonds. The molecule has 0 bridgehead atoms. The number of esters is 1. The highest BCUT2D eigenvalue weighted by molar-refractivity contribution is 6.34. The van der Waals surface area contributed by atoms with E-state index >= 15 is 0 Å². The molecule has 0 unspecified atom stereocenters. The molecule has 0 aliphatic carbocycles. The number of methoxy groups -OCH3 is 2. The van der Waals surface area contributed by atoms with E-state index in [9.17, 15) is 4.79 Å². The molecule has 1 rings (SSSR count). The lowest BCUT2D eigenvalue weighted by molar-refractivity contribution is -0.137. The Bertz CT molecular complexity index is 437. The number of rotatable bonds is 4. The van der Waals surface area contributed by atoms with Crippen molar-refractivity contribution >= 4 is 11.7 Å². The van der Waals surface area contributed by atoms with Crippen LogP contribution < -0.4 is 4.74 Å². The van der Waals surface area contributed by atoms with Gasteiger partial charge in [-0.3, -0.25) is 0 Å². The molecule has 0 N–H and O–H groups in total. The van der Waals surface area contributed by atoms with Crippen LogP contribution in [-0.4, -0.2) is 30.7 Å². The second-order valence-electron chi connectivity index (χ2n) is 3.07. The molecule has 0 spiro atoms. The molecule has 0 aliphatic heterocycles. The van der Waals surface area contributed by atoms with Crippen molar-refractivity contribution in [2.24, 2.45) is 0 Å². The zero-order valence-corrected chi connectivity index (χ0v) is 9.14. The minimum Gasteiger partial charge on any atom is -0.497 e. The Hall–Kier alpha value is -2.13. The second kappa shape index (κ2) is 5.68. The predicted octanol–water partition coefficient (Wildman–Crippen LogP) is 1.08. The van der Waals surface area contributed by atoms with Crippen LogP contribution in [0.5, 0.6) is 5.75 Å². The zero-order valence-electron chi connectivity index (χ0n) is 9.14. The summed E-state index contributed by atoms with van der Waals surface area (Å²) in [5.41, 5.74) is 9.43. The third-order valence-corrected chi connectivity index (χ3v) is 2.05. The van der Waals surface area contributed by atoms with E-state index in [-0.39, 0.29) is 12.1 Å². The van der Waals surface area contributed by atoms with Gasteiger partial charge in [0.05, 0.1) is 20.6 Å². The van der Waals surface area contributed by atoms with Gasteiger partial charge in [0.2, 0.25) is 0 Å². The van der Waals surface area contributed by atoms with E-state index in [0.29, 0.717) is 5.75 Å². The second-order valence-corrected chi connectivity index (χ2v) is 3.07. The fourth-order valence-electron chi connectivity index (χ4n) is 1.24. The first-order valence-corrected chi connectivity index (χ1v) is 4.63. The number of hydrogen-bond acceptors (Lipinski definition) is 3. The summed E-state index contributed by atoms with van der Waals surface area (Å²) in [6, 6.07) is 7.14. The molecular formula is C11H12N2O3. The van der Waals surface area contributed by atoms with Gasteiger partial charge in [0, 0.05) is 0 Å². The average molecular weight is 220 g/mol. The topological polar surface area (TPSA) is 71.9 Å². The van der Waals surface area contributed by atoms with Crippen molar-refractivity contribution in [2.75, 3.05) is 14.2 Å². The predicted molar refractivity (Wildman–Crippen MR) is 57.3 cm³/mol. The van der Waals surface area contributed by atoms with E-state index in [1.54, 1.807) is 31.4 Å². The fourth-order valence-corrected chi connectivity index (χ4v) is 1.24. The molecular weight excluding hydrogens is 208 g/mol. The van der Waals surface area contributed by atoms with Gasteiger partial charge < -0.3 is 15.0 Å². The Labute approximate surface area is 93.2 Å². The average Bonchev–Trinajstić information content (AvgIpc) is 2.35. The first-order valence-electron chi connectivity index (χ1n) is 4.63. The van der Waals surface area contributed by atoms with Crippen LogP contribution in [0.25, 0.3) is 5.53 Å². The van der Waals surface area contributed by atoms with Gasteiger partial charge in [-0.1, -0.05) is 12.1 Å². The maximum absolute atomic E-state index is 11.2. The van der Waals surface area contributed by atoms with Gasteiger partial charge in [0.15, 0.2) is 0 Å². The number of carbonyl (C=O) groups is 1. The van der Waals surface area contributed by atoms with E-state index in [1.807, 2.05) is 0 Å². The van der Waals surface area contributed by atoms with Crippen LogP contribution >= 0.6 is 0 Å². The number of nitrogens with zero attached hydrogens (tertiary/aromatic N) is 2. The molecule has 0 heterocycles. The molecule has 0 aliphatic rings. The van der Waals surface area contributed by atoms with Crippen LogP contribution in [0.3, 0.4) is 0 Å². The number of hydrogen-bond donors (Lipinski definition) is 0. The summed E-state index contributed by atoms with van der Waals surface area (Å²) in [5.74, 6) is 0.0324. The third-order valence-electron chi connectivity index (χ3n) is 2.05. The van der Waals surface area contributed by atoms with Gasteiger partial charge >= 0.3 is 11.7 Å². The molecule has 0 saturated heterocycles. The van der Waals surface area contributed by atoms with Gasteiger partial charge in [-0.2, -0.15) is 4.79 Å². The summed E-state index contributed by atoms with van der Waals surface area (Å²) in [4.78, 5) is 14.1. The lowest BCUT2D eigenvalue weighted by Gasteiger charge is -2.01. The normalized spacial score (nSPS) is 9.12. The van der Waals surface area contributed by atoms with Gasteiger partial charge in [-0.15, -0.1) is 0 Å². The first-order chi connectivity index (χ1) is 7.71. The van der Waals surface area contributed by atoms with Gasteiger partial charge in [0.1, 0.15) is 5.75 Å². The Morgan fingerprint density at radius 3 is 2.75 bits per heavy atom. The third kappa shape index (κ3) is 2.93. The molecule has 1 aromatic rings. The van der Waals surface area contributed by atoms with Crippen molar-refractivity contribution in [2.45, 2.75) is 6.42 Å². The summed E-state index contributed by atoms with van der Waals surface area (Å²) in [5, 5.41) is 0. The smallest absolute Gasteiger partial charge is 0.416 e. The van der Waals surface area contributed by atoms with E-state index in [2.05, 4.69) is 9.53 Å². The number of ether oxygens (including phenoxy) is 2. The van der Waals surface area contributed by atoms with Crippen molar-refractivity contribution < 1.29 is 19.1 Å². The van der Waals surface area contributed by atoms with E-state index in [1.165, 1.54) is 7.11 Å². The fraction of sp³-hybridized carbons (Fsp3) is 0.273. The largest absolute Gasteiger partial charge is 0.497 e. The minimum absolute atomic E-state index is 0.0456. The van der Waals surface area contributed by atoms with Crippen molar-refractivity contribution in [3.05, 3.63) is 35.4 Å². The van der Waals surface area contributed by atoms with E-state index < -0.39 is 5.97 Å². The molecule has 5 nitrogen and oxygen atoms in total. The summed E-state index contributed by atoms with van der Waals surface area (Å²) in [6.45, 7) is 0. The maximum Gasteiger partial charge on any atom is 0.416 e. The quantitative estimate of drug-likeness (QED) is 0.330. The lowest BCUT2D eigenvalue weighted by Crippen LogP contribution is -2.19. The molecule has 0 saturated carbocycles. The Morgan fingerprint density at radius 2 is 2.19 bits per heavy atom. The van der Waals surface area contributed by atoms with Crippen molar-refractivity contribution in [1.29, 1.82) is 0 Å². The molecule has 0 radical (unpaired) electrons. The highest BCUT2D eigenvalue weighted by Gasteiger charge is 2.21. The molecule has 0 fully saturated rings. The van der Waals surface area contributed by atoms with Gasteiger partial charge in [-0.05, 0) is 17.7 Å². The number of carbonyl (C=O) groups excluding carboxylic acids is 1. The Morgan fingerprint density at radius 1 is 1.44 bits per heavy atom. The van der Waals surface area contributed by atoms with E-state index in [4.69, 9.17) is 10.3 Å². The molecule has 16 heavy (non-hydrogen) atoms. The summed E-state index contributed by atoms with van der Waals surface area (Å²) in [6.07, 6.45) is 0.195. The van der Waals surface area contributed by atoms with E-state index in [0.717, 1.165) is 5.56 Å². The molecule has 5 heteroatoms. The lowest BCUT2D eigenvalue weighted by atomic mass is 10.1. The Kier molecular flexibility index (Phi) is 4.24. The SMILES string of the molecule is COC(=O)C(Cc1cccc(OC)c1)=[N+]=[N-]. The maximum atomic E-state index is 11.2. The van der Waals surface area contributed by atoms with Crippen LogP contribution in [0.15, 0.2) is 24.3 Å². The van der Waals surface area contributed by atoms with Crippen LogP contribution in [0.2, 0.25) is 0 Å². The molecule has 0 aromatic heterocycles. The van der Waals surface area contributed by atoms with Crippen LogP contribution in [-0.2, 0) is 16.0 Å². The monoisotopic (exact) mass is 220 g/mol. The highest BCUT2D eigenvalue weighted by Crippen LogP contribution is 2.13. The van der Waals surface area contributed by atoms with Crippen LogP contribution in [0, 0.1) is 0 Å². The highest BCUT2D eigenvalue weighted by atomic mass is 16.5. The van der Waals surface area contributed by atoms with Crippen LogP contribution in [0.1, 0.15) is 5.56 Å². The Balaban J connectivity index is 2.86. The van der Waals surface area contributed by atoms with Crippen LogP contribution in [0.4, 0.5) is 0 Å². The first kappa shape index (κ1) is 11.9.